The molecule has 2 nitrogen and oxygen atoms in total. The highest BCUT2D eigenvalue weighted by Crippen LogP contribution is 2.17. The summed E-state index contributed by atoms with van der Waals surface area (Å²) in [6, 6.07) is 0. The first kappa shape index (κ1) is 21.6. The Morgan fingerprint density at radius 2 is 1.23 bits per heavy atom. The standard InChI is InChI=1S/C20H41NO/c1-3-5-6-7-8-9-10-11-12-13-14-16-20(22)19(15-4-2)17-18-21/h19H,3-18,21H2,1-2H3. The van der Waals surface area contributed by atoms with Gasteiger partial charge in [0.15, 0.2) is 0 Å². The highest BCUT2D eigenvalue weighted by Gasteiger charge is 2.15. The van der Waals surface area contributed by atoms with Crippen molar-refractivity contribution >= 4 is 5.78 Å². The number of carbonyl (C=O) groups is 1. The van der Waals surface area contributed by atoms with E-state index in [2.05, 4.69) is 13.8 Å². The van der Waals surface area contributed by atoms with Crippen molar-refractivity contribution < 1.29 is 4.79 Å². The highest BCUT2D eigenvalue weighted by atomic mass is 16.1. The van der Waals surface area contributed by atoms with Crippen LogP contribution < -0.4 is 5.73 Å². The van der Waals surface area contributed by atoms with Crippen LogP contribution in [-0.2, 0) is 4.79 Å². The summed E-state index contributed by atoms with van der Waals surface area (Å²) in [7, 11) is 0. The molecule has 2 N–H and O–H groups in total. The molecule has 1 atom stereocenters. The van der Waals surface area contributed by atoms with Gasteiger partial charge in [-0.2, -0.15) is 0 Å². The third kappa shape index (κ3) is 13.3. The molecule has 0 aliphatic heterocycles. The van der Waals surface area contributed by atoms with E-state index in [0.717, 1.165) is 32.1 Å². The van der Waals surface area contributed by atoms with Crippen molar-refractivity contribution in [2.45, 2.75) is 110 Å². The molecule has 0 rings (SSSR count). The second kappa shape index (κ2) is 17.0. The summed E-state index contributed by atoms with van der Waals surface area (Å²) < 4.78 is 0. The number of unbranched alkanes of at least 4 members (excludes halogenated alkanes) is 10. The van der Waals surface area contributed by atoms with Gasteiger partial charge in [0, 0.05) is 12.3 Å². The van der Waals surface area contributed by atoms with Gasteiger partial charge in [0.05, 0.1) is 0 Å². The predicted octanol–water partition coefficient (Wildman–Crippen LogP) is 6.02. The van der Waals surface area contributed by atoms with Crippen molar-refractivity contribution in [3.05, 3.63) is 0 Å². The van der Waals surface area contributed by atoms with Crippen LogP contribution in [-0.4, -0.2) is 12.3 Å². The van der Waals surface area contributed by atoms with Gasteiger partial charge < -0.3 is 5.73 Å². The average molecular weight is 312 g/mol. The molecule has 0 saturated carbocycles. The fraction of sp³-hybridized carbons (Fsp3) is 0.950. The molecule has 0 bridgehead atoms. The molecule has 0 spiro atoms. The minimum absolute atomic E-state index is 0.234. The van der Waals surface area contributed by atoms with Crippen LogP contribution >= 0.6 is 0 Å². The fourth-order valence-corrected chi connectivity index (χ4v) is 3.18. The molecule has 0 saturated heterocycles. The van der Waals surface area contributed by atoms with E-state index < -0.39 is 0 Å². The lowest BCUT2D eigenvalue weighted by atomic mass is 9.91. The van der Waals surface area contributed by atoms with E-state index in [0.29, 0.717) is 12.3 Å². The Hall–Kier alpha value is -0.370. The van der Waals surface area contributed by atoms with E-state index in [4.69, 9.17) is 5.73 Å². The van der Waals surface area contributed by atoms with E-state index in [1.165, 1.54) is 64.2 Å². The molecular weight excluding hydrogens is 270 g/mol. The van der Waals surface area contributed by atoms with Gasteiger partial charge >= 0.3 is 0 Å². The van der Waals surface area contributed by atoms with Gasteiger partial charge in [-0.25, -0.2) is 0 Å². The average Bonchev–Trinajstić information content (AvgIpc) is 2.52. The summed E-state index contributed by atoms with van der Waals surface area (Å²) in [6.45, 7) is 5.07. The van der Waals surface area contributed by atoms with Crippen molar-refractivity contribution in [2.24, 2.45) is 11.7 Å². The zero-order valence-corrected chi connectivity index (χ0v) is 15.4. The molecule has 0 radical (unpaired) electrons. The van der Waals surface area contributed by atoms with E-state index >= 15 is 0 Å². The second-order valence-electron chi connectivity index (χ2n) is 6.81. The largest absolute Gasteiger partial charge is 0.330 e. The molecule has 0 aromatic carbocycles. The first-order valence-corrected chi connectivity index (χ1v) is 9.99. The molecule has 22 heavy (non-hydrogen) atoms. The zero-order valence-electron chi connectivity index (χ0n) is 15.4. The summed E-state index contributed by atoms with van der Waals surface area (Å²) in [6.07, 6.45) is 18.5. The normalized spacial score (nSPS) is 12.5. The van der Waals surface area contributed by atoms with Crippen LogP contribution in [0.1, 0.15) is 110 Å². The monoisotopic (exact) mass is 311 g/mol. The quantitative estimate of drug-likeness (QED) is 0.334. The van der Waals surface area contributed by atoms with Gasteiger partial charge in [0.1, 0.15) is 5.78 Å². The molecule has 0 aliphatic carbocycles. The lowest BCUT2D eigenvalue weighted by Crippen LogP contribution is -2.18. The number of rotatable bonds is 17. The number of Topliss-reactive ketones (excluding diaryl/α,β-unsaturated/α-hetero) is 1. The first-order valence-electron chi connectivity index (χ1n) is 9.99. The van der Waals surface area contributed by atoms with Crippen LogP contribution in [0.3, 0.4) is 0 Å². The van der Waals surface area contributed by atoms with Gasteiger partial charge in [-0.1, -0.05) is 84.5 Å². The predicted molar refractivity (Wildman–Crippen MR) is 98.2 cm³/mol. The minimum atomic E-state index is 0.234. The van der Waals surface area contributed by atoms with Crippen LogP contribution in [0.15, 0.2) is 0 Å². The summed E-state index contributed by atoms with van der Waals surface area (Å²) in [5, 5.41) is 0. The van der Waals surface area contributed by atoms with Gasteiger partial charge in [-0.05, 0) is 25.8 Å². The number of nitrogens with two attached hydrogens (primary N) is 1. The van der Waals surface area contributed by atoms with Gasteiger partial charge in [-0.3, -0.25) is 4.79 Å². The van der Waals surface area contributed by atoms with Crippen LogP contribution in [0.5, 0.6) is 0 Å². The van der Waals surface area contributed by atoms with Gasteiger partial charge in [0.25, 0.3) is 0 Å². The number of ketones is 1. The molecule has 0 aromatic heterocycles. The molecule has 2 heteroatoms. The molecule has 0 heterocycles. The maximum absolute atomic E-state index is 12.1. The molecule has 132 valence electrons. The van der Waals surface area contributed by atoms with E-state index in [1.807, 2.05) is 0 Å². The fourth-order valence-electron chi connectivity index (χ4n) is 3.18. The van der Waals surface area contributed by atoms with E-state index in [9.17, 15) is 4.79 Å². The maximum atomic E-state index is 12.1. The summed E-state index contributed by atoms with van der Waals surface area (Å²) in [5.41, 5.74) is 5.61. The van der Waals surface area contributed by atoms with E-state index in [-0.39, 0.29) is 5.92 Å². The topological polar surface area (TPSA) is 43.1 Å². The van der Waals surface area contributed by atoms with Crippen molar-refractivity contribution in [1.82, 2.24) is 0 Å². The zero-order chi connectivity index (χ0) is 16.5. The number of hydrogen-bond donors (Lipinski definition) is 1. The van der Waals surface area contributed by atoms with Crippen molar-refractivity contribution in [3.63, 3.8) is 0 Å². The van der Waals surface area contributed by atoms with E-state index in [1.54, 1.807) is 0 Å². The highest BCUT2D eigenvalue weighted by molar-refractivity contribution is 5.80. The Labute approximate surface area is 139 Å². The summed E-state index contributed by atoms with van der Waals surface area (Å²) in [4.78, 5) is 12.1. The molecule has 0 aliphatic rings. The Bertz CT molecular complexity index is 234. The Morgan fingerprint density at radius 3 is 1.68 bits per heavy atom. The molecular formula is C20H41NO. The van der Waals surface area contributed by atoms with Crippen LogP contribution in [0, 0.1) is 5.92 Å². The Morgan fingerprint density at radius 1 is 0.727 bits per heavy atom. The lowest BCUT2D eigenvalue weighted by molar-refractivity contribution is -0.123. The van der Waals surface area contributed by atoms with Crippen LogP contribution in [0.2, 0.25) is 0 Å². The Kier molecular flexibility index (Phi) is 16.7. The molecule has 1 unspecified atom stereocenters. The second-order valence-corrected chi connectivity index (χ2v) is 6.81. The van der Waals surface area contributed by atoms with Crippen LogP contribution in [0.25, 0.3) is 0 Å². The lowest BCUT2D eigenvalue weighted by Gasteiger charge is -2.13. The van der Waals surface area contributed by atoms with Gasteiger partial charge in [-0.15, -0.1) is 0 Å². The SMILES string of the molecule is CCCCCCCCCCCCCC(=O)C(CCC)CCN. The summed E-state index contributed by atoms with van der Waals surface area (Å²) >= 11 is 0. The number of carbonyl (C=O) groups excluding carboxylic acids is 1. The molecule has 0 fully saturated rings. The third-order valence-electron chi connectivity index (χ3n) is 4.63. The van der Waals surface area contributed by atoms with Crippen molar-refractivity contribution in [3.8, 4) is 0 Å². The third-order valence-corrected chi connectivity index (χ3v) is 4.63. The van der Waals surface area contributed by atoms with Crippen LogP contribution in [0.4, 0.5) is 0 Å². The van der Waals surface area contributed by atoms with Crippen molar-refractivity contribution in [2.75, 3.05) is 6.54 Å². The molecule has 0 amide bonds. The number of hydrogen-bond acceptors (Lipinski definition) is 2. The summed E-state index contributed by atoms with van der Waals surface area (Å²) in [5.74, 6) is 0.696. The minimum Gasteiger partial charge on any atom is -0.330 e. The first-order chi connectivity index (χ1) is 10.8. The van der Waals surface area contributed by atoms with Crippen molar-refractivity contribution in [1.29, 1.82) is 0 Å². The molecule has 0 aromatic rings. The maximum Gasteiger partial charge on any atom is 0.136 e. The van der Waals surface area contributed by atoms with Gasteiger partial charge in [0.2, 0.25) is 0 Å². The smallest absolute Gasteiger partial charge is 0.136 e. The Balaban J connectivity index is 3.39.